The van der Waals surface area contributed by atoms with Crippen molar-refractivity contribution in [3.05, 3.63) is 29.8 Å². The Balaban J connectivity index is 2.48. The van der Waals surface area contributed by atoms with E-state index in [-0.39, 0.29) is 30.8 Å². The van der Waals surface area contributed by atoms with Crippen LogP contribution in [0.15, 0.2) is 23.2 Å². The summed E-state index contributed by atoms with van der Waals surface area (Å²) in [5, 5.41) is 2.40. The molecular weight excluding hydrogens is 316 g/mol. The van der Waals surface area contributed by atoms with Crippen LogP contribution in [-0.2, 0) is 10.2 Å². The smallest absolute Gasteiger partial charge is 0.277 e. The lowest BCUT2D eigenvalue weighted by Crippen LogP contribution is -2.41. The quantitative estimate of drug-likeness (QED) is 0.331. The van der Waals surface area contributed by atoms with Gasteiger partial charge in [0, 0.05) is 18.7 Å². The molecule has 1 aromatic carbocycles. The highest BCUT2D eigenvalue weighted by Crippen LogP contribution is 2.14. The van der Waals surface area contributed by atoms with Crippen LogP contribution in [0.5, 0.6) is 0 Å². The van der Waals surface area contributed by atoms with Gasteiger partial charge in [-0.1, -0.05) is 0 Å². The summed E-state index contributed by atoms with van der Waals surface area (Å²) in [5.41, 5.74) is 5.36. The van der Waals surface area contributed by atoms with E-state index in [1.165, 1.54) is 0 Å². The zero-order valence-electron chi connectivity index (χ0n) is 12.2. The third kappa shape index (κ3) is 6.78. The van der Waals surface area contributed by atoms with Crippen molar-refractivity contribution in [2.75, 3.05) is 18.4 Å². The van der Waals surface area contributed by atoms with Gasteiger partial charge in [-0.2, -0.15) is 13.1 Å². The van der Waals surface area contributed by atoms with Crippen LogP contribution in [0.4, 0.5) is 14.5 Å². The fourth-order valence-electron chi connectivity index (χ4n) is 1.48. The number of nitrogens with zero attached hydrogens (tertiary/aromatic N) is 1. The number of hydrogen-bond donors (Lipinski definition) is 4. The first kappa shape index (κ1) is 18.3. The fourth-order valence-corrected chi connectivity index (χ4v) is 2.54. The summed E-state index contributed by atoms with van der Waals surface area (Å²) in [5.74, 6) is -1.45. The van der Waals surface area contributed by atoms with Crippen molar-refractivity contribution < 1.29 is 17.2 Å². The second kappa shape index (κ2) is 8.01. The summed E-state index contributed by atoms with van der Waals surface area (Å²) in [7, 11) is -3.59. The molecule has 0 fully saturated rings. The van der Waals surface area contributed by atoms with E-state index in [1.807, 2.05) is 0 Å². The predicted molar refractivity (Wildman–Crippen MR) is 81.7 cm³/mol. The van der Waals surface area contributed by atoms with Crippen LogP contribution in [0.2, 0.25) is 0 Å². The Bertz CT molecular complexity index is 634. The number of guanidine groups is 1. The molecule has 0 aromatic heterocycles. The molecule has 0 amide bonds. The minimum atomic E-state index is -3.59. The van der Waals surface area contributed by atoms with Gasteiger partial charge in [0.15, 0.2) is 5.96 Å². The molecule has 22 heavy (non-hydrogen) atoms. The molecule has 0 radical (unpaired) electrons. The monoisotopic (exact) mass is 335 g/mol. The molecule has 0 atom stereocenters. The van der Waals surface area contributed by atoms with Crippen molar-refractivity contribution in [3.63, 3.8) is 0 Å². The standard InChI is InChI=1S/C12H19F2N5O2S/c1-8(2)19-22(20,21)17-6-5-16-12(15)18-11-7-9(13)3-4-10(11)14/h3-4,7-8,17,19H,5-6H2,1-2H3,(H3,15,16,18). The van der Waals surface area contributed by atoms with E-state index in [4.69, 9.17) is 5.73 Å². The summed E-state index contributed by atoms with van der Waals surface area (Å²) < 4.78 is 53.8. The molecule has 5 N–H and O–H groups in total. The lowest BCUT2D eigenvalue weighted by molar-refractivity contribution is 0.555. The fraction of sp³-hybridized carbons (Fsp3) is 0.417. The lowest BCUT2D eigenvalue weighted by atomic mass is 10.3. The van der Waals surface area contributed by atoms with Gasteiger partial charge in [0.05, 0.1) is 12.2 Å². The van der Waals surface area contributed by atoms with Crippen LogP contribution in [0.25, 0.3) is 0 Å². The van der Waals surface area contributed by atoms with Crippen LogP contribution in [0.1, 0.15) is 13.8 Å². The highest BCUT2D eigenvalue weighted by molar-refractivity contribution is 7.87. The molecular formula is C12H19F2N5O2S. The average molecular weight is 335 g/mol. The molecule has 10 heteroatoms. The second-order valence-electron chi connectivity index (χ2n) is 4.69. The number of benzene rings is 1. The van der Waals surface area contributed by atoms with Gasteiger partial charge in [-0.05, 0) is 26.0 Å². The summed E-state index contributed by atoms with van der Waals surface area (Å²) >= 11 is 0. The molecule has 0 aliphatic carbocycles. The van der Waals surface area contributed by atoms with Crippen molar-refractivity contribution in [1.29, 1.82) is 0 Å². The minimum absolute atomic E-state index is 0.00999. The summed E-state index contributed by atoms with van der Waals surface area (Å²) in [6.45, 7) is 3.42. The Morgan fingerprint density at radius 1 is 1.36 bits per heavy atom. The Hall–Kier alpha value is -1.78. The van der Waals surface area contributed by atoms with Crippen molar-refractivity contribution in [2.24, 2.45) is 10.7 Å². The molecule has 0 saturated heterocycles. The number of hydrogen-bond acceptors (Lipinski definition) is 3. The van der Waals surface area contributed by atoms with Crippen LogP contribution in [-0.4, -0.2) is 33.5 Å². The van der Waals surface area contributed by atoms with E-state index < -0.39 is 21.8 Å². The number of halogens is 2. The first-order valence-corrected chi connectivity index (χ1v) is 7.97. The van der Waals surface area contributed by atoms with Crippen molar-refractivity contribution in [1.82, 2.24) is 9.44 Å². The minimum Gasteiger partial charge on any atom is -0.370 e. The molecule has 0 aliphatic heterocycles. The molecule has 0 heterocycles. The third-order valence-electron chi connectivity index (χ3n) is 2.27. The maximum atomic E-state index is 13.4. The number of aliphatic imine (C=N–C) groups is 1. The summed E-state index contributed by atoms with van der Waals surface area (Å²) in [6.07, 6.45) is 0. The van der Waals surface area contributed by atoms with Crippen LogP contribution in [0, 0.1) is 11.6 Å². The molecule has 0 unspecified atom stereocenters. The van der Waals surface area contributed by atoms with E-state index in [0.717, 1.165) is 18.2 Å². The van der Waals surface area contributed by atoms with E-state index in [1.54, 1.807) is 13.8 Å². The lowest BCUT2D eigenvalue weighted by Gasteiger charge is -2.10. The van der Waals surface area contributed by atoms with E-state index in [0.29, 0.717) is 0 Å². The number of nitrogens with two attached hydrogens (primary N) is 1. The van der Waals surface area contributed by atoms with Gasteiger partial charge in [0.2, 0.25) is 0 Å². The van der Waals surface area contributed by atoms with E-state index >= 15 is 0 Å². The Kier molecular flexibility index (Phi) is 6.65. The zero-order chi connectivity index (χ0) is 16.8. The highest BCUT2D eigenvalue weighted by Gasteiger charge is 2.09. The number of rotatable bonds is 7. The number of anilines is 1. The van der Waals surface area contributed by atoms with Gasteiger partial charge < -0.3 is 11.1 Å². The Morgan fingerprint density at radius 2 is 2.05 bits per heavy atom. The van der Waals surface area contributed by atoms with Gasteiger partial charge in [0.1, 0.15) is 11.6 Å². The van der Waals surface area contributed by atoms with Gasteiger partial charge in [0.25, 0.3) is 10.2 Å². The largest absolute Gasteiger partial charge is 0.370 e. The van der Waals surface area contributed by atoms with Crippen molar-refractivity contribution in [2.45, 2.75) is 19.9 Å². The molecule has 0 aliphatic rings. The van der Waals surface area contributed by atoms with Gasteiger partial charge >= 0.3 is 0 Å². The first-order chi connectivity index (χ1) is 10.2. The normalized spacial score (nSPS) is 12.7. The topological polar surface area (TPSA) is 109 Å². The SMILES string of the molecule is CC(C)NS(=O)(=O)NCCN=C(N)Nc1cc(F)ccc1F. The van der Waals surface area contributed by atoms with Gasteiger partial charge in [-0.3, -0.25) is 4.99 Å². The molecule has 124 valence electrons. The van der Waals surface area contributed by atoms with Gasteiger partial charge in [-0.25, -0.2) is 13.5 Å². The van der Waals surface area contributed by atoms with Crippen LogP contribution < -0.4 is 20.5 Å². The third-order valence-corrected chi connectivity index (χ3v) is 3.63. The molecule has 0 bridgehead atoms. The Labute approximate surface area is 128 Å². The van der Waals surface area contributed by atoms with Crippen LogP contribution >= 0.6 is 0 Å². The second-order valence-corrected chi connectivity index (χ2v) is 6.22. The molecule has 1 rings (SSSR count). The maximum Gasteiger partial charge on any atom is 0.277 e. The highest BCUT2D eigenvalue weighted by atomic mass is 32.2. The maximum absolute atomic E-state index is 13.4. The predicted octanol–water partition coefficient (Wildman–Crippen LogP) is 0.524. The first-order valence-electron chi connectivity index (χ1n) is 6.48. The Morgan fingerprint density at radius 3 is 2.68 bits per heavy atom. The van der Waals surface area contributed by atoms with Gasteiger partial charge in [-0.15, -0.1) is 0 Å². The summed E-state index contributed by atoms with van der Waals surface area (Å²) in [6, 6.07) is 2.64. The van der Waals surface area contributed by atoms with Crippen molar-refractivity contribution in [3.8, 4) is 0 Å². The molecule has 7 nitrogen and oxygen atoms in total. The zero-order valence-corrected chi connectivity index (χ0v) is 13.0. The molecule has 1 aromatic rings. The molecule has 0 spiro atoms. The molecule has 0 saturated carbocycles. The van der Waals surface area contributed by atoms with Crippen molar-refractivity contribution >= 4 is 21.9 Å². The van der Waals surface area contributed by atoms with Crippen LogP contribution in [0.3, 0.4) is 0 Å². The summed E-state index contributed by atoms with van der Waals surface area (Å²) in [4.78, 5) is 3.81. The van der Waals surface area contributed by atoms with E-state index in [9.17, 15) is 17.2 Å². The van der Waals surface area contributed by atoms with E-state index in [2.05, 4.69) is 19.8 Å². The number of nitrogens with one attached hydrogen (secondary N) is 3. The average Bonchev–Trinajstić information content (AvgIpc) is 2.37.